The molecule has 0 aromatic heterocycles. The van der Waals surface area contributed by atoms with Gasteiger partial charge in [0, 0.05) is 19.6 Å². The lowest BCUT2D eigenvalue weighted by Gasteiger charge is -2.23. The molecule has 2 N–H and O–H groups in total. The lowest BCUT2D eigenvalue weighted by molar-refractivity contribution is 0.117. The van der Waals surface area contributed by atoms with E-state index in [0.717, 1.165) is 43.9 Å². The van der Waals surface area contributed by atoms with E-state index in [1.54, 1.807) is 7.11 Å². The number of benzene rings is 1. The molecule has 0 saturated carbocycles. The van der Waals surface area contributed by atoms with Crippen molar-refractivity contribution in [3.8, 4) is 5.75 Å². The predicted molar refractivity (Wildman–Crippen MR) is 71.9 cm³/mol. The number of nitrogens with zero attached hydrogens (tertiary/aromatic N) is 1. The quantitative estimate of drug-likeness (QED) is 0.837. The maximum atomic E-state index is 10.2. The Morgan fingerprint density at radius 2 is 2.06 bits per heavy atom. The van der Waals surface area contributed by atoms with Gasteiger partial charge in [-0.3, -0.25) is 4.90 Å². The summed E-state index contributed by atoms with van der Waals surface area (Å²) in [5.74, 6) is 0.824. The maximum absolute atomic E-state index is 10.2. The van der Waals surface area contributed by atoms with E-state index < -0.39 is 6.10 Å². The Morgan fingerprint density at radius 1 is 1.28 bits per heavy atom. The normalized spacial score (nSPS) is 19.2. The highest BCUT2D eigenvalue weighted by molar-refractivity contribution is 5.28. The van der Waals surface area contributed by atoms with Crippen LogP contribution in [0.5, 0.6) is 5.75 Å². The topological polar surface area (TPSA) is 44.7 Å². The summed E-state index contributed by atoms with van der Waals surface area (Å²) in [6.07, 6.45) is 0.726. The Bertz CT molecular complexity index is 345. The first-order valence-electron chi connectivity index (χ1n) is 6.54. The van der Waals surface area contributed by atoms with Gasteiger partial charge in [0.25, 0.3) is 0 Å². The van der Waals surface area contributed by atoms with Gasteiger partial charge in [-0.2, -0.15) is 0 Å². The smallest absolute Gasteiger partial charge is 0.118 e. The molecule has 1 aromatic carbocycles. The molecule has 1 unspecified atom stereocenters. The molecule has 1 aliphatic heterocycles. The summed E-state index contributed by atoms with van der Waals surface area (Å²) >= 11 is 0. The molecule has 1 fully saturated rings. The number of nitrogens with one attached hydrogen (secondary N) is 1. The summed E-state index contributed by atoms with van der Waals surface area (Å²) in [4.78, 5) is 2.31. The summed E-state index contributed by atoms with van der Waals surface area (Å²) in [6.45, 7) is 4.85. The van der Waals surface area contributed by atoms with Crippen molar-refractivity contribution in [1.29, 1.82) is 0 Å². The zero-order valence-corrected chi connectivity index (χ0v) is 10.9. The average molecular weight is 250 g/mol. The molecule has 1 atom stereocenters. The van der Waals surface area contributed by atoms with Crippen LogP contribution < -0.4 is 10.1 Å². The third-order valence-electron chi connectivity index (χ3n) is 3.36. The van der Waals surface area contributed by atoms with Gasteiger partial charge in [0.05, 0.1) is 13.2 Å². The molecule has 0 radical (unpaired) electrons. The Hall–Kier alpha value is -1.10. The van der Waals surface area contributed by atoms with E-state index in [4.69, 9.17) is 4.74 Å². The first kappa shape index (κ1) is 13.3. The molecule has 0 spiro atoms. The van der Waals surface area contributed by atoms with Crippen LogP contribution in [0.25, 0.3) is 0 Å². The third kappa shape index (κ3) is 3.70. The van der Waals surface area contributed by atoms with E-state index >= 15 is 0 Å². The molecule has 1 heterocycles. The minimum Gasteiger partial charge on any atom is -0.497 e. The van der Waals surface area contributed by atoms with Crippen molar-refractivity contribution >= 4 is 0 Å². The number of β-amino-alcohol motifs (C(OH)–C–C–N with tert-alkyl or cyclic N) is 1. The Labute approximate surface area is 109 Å². The van der Waals surface area contributed by atoms with Gasteiger partial charge in [0.15, 0.2) is 0 Å². The van der Waals surface area contributed by atoms with Crippen LogP contribution in [0.2, 0.25) is 0 Å². The molecule has 1 aromatic rings. The van der Waals surface area contributed by atoms with Crippen LogP contribution >= 0.6 is 0 Å². The summed E-state index contributed by atoms with van der Waals surface area (Å²) in [7, 11) is 1.65. The Morgan fingerprint density at radius 3 is 2.78 bits per heavy atom. The van der Waals surface area contributed by atoms with Crippen LogP contribution in [-0.2, 0) is 0 Å². The molecule has 4 nitrogen and oxygen atoms in total. The molecule has 1 saturated heterocycles. The van der Waals surface area contributed by atoms with E-state index in [0.29, 0.717) is 6.54 Å². The minimum absolute atomic E-state index is 0.422. The Kier molecular flexibility index (Phi) is 4.99. The summed E-state index contributed by atoms with van der Waals surface area (Å²) in [5.41, 5.74) is 0.952. The number of rotatable bonds is 4. The van der Waals surface area contributed by atoms with Gasteiger partial charge in [-0.15, -0.1) is 0 Å². The lowest BCUT2D eigenvalue weighted by Crippen LogP contribution is -2.32. The van der Waals surface area contributed by atoms with Crippen LogP contribution in [0, 0.1) is 0 Å². The highest BCUT2D eigenvalue weighted by Gasteiger charge is 2.14. The number of hydrogen-bond donors (Lipinski definition) is 2. The molecule has 1 aliphatic rings. The summed E-state index contributed by atoms with van der Waals surface area (Å²) < 4.78 is 5.12. The van der Waals surface area contributed by atoms with Crippen molar-refractivity contribution in [2.45, 2.75) is 12.5 Å². The van der Waals surface area contributed by atoms with Crippen molar-refractivity contribution in [2.24, 2.45) is 0 Å². The first-order valence-corrected chi connectivity index (χ1v) is 6.54. The fourth-order valence-electron chi connectivity index (χ4n) is 2.26. The molecule has 0 aliphatic carbocycles. The van der Waals surface area contributed by atoms with Gasteiger partial charge < -0.3 is 15.2 Å². The number of hydrogen-bond acceptors (Lipinski definition) is 4. The molecule has 4 heteroatoms. The van der Waals surface area contributed by atoms with Gasteiger partial charge in [0.2, 0.25) is 0 Å². The van der Waals surface area contributed by atoms with Crippen LogP contribution in [0.4, 0.5) is 0 Å². The van der Waals surface area contributed by atoms with Gasteiger partial charge >= 0.3 is 0 Å². The first-order chi connectivity index (χ1) is 8.79. The van der Waals surface area contributed by atoms with Gasteiger partial charge in [-0.1, -0.05) is 12.1 Å². The van der Waals surface area contributed by atoms with Crippen molar-refractivity contribution in [2.75, 3.05) is 39.8 Å². The van der Waals surface area contributed by atoms with Gasteiger partial charge in [-0.05, 0) is 37.2 Å². The molecule has 0 bridgehead atoms. The largest absolute Gasteiger partial charge is 0.497 e. The van der Waals surface area contributed by atoms with E-state index in [1.165, 1.54) is 0 Å². The van der Waals surface area contributed by atoms with Gasteiger partial charge in [-0.25, -0.2) is 0 Å². The second-order valence-electron chi connectivity index (χ2n) is 4.69. The highest BCUT2D eigenvalue weighted by atomic mass is 16.5. The minimum atomic E-state index is -0.422. The van der Waals surface area contributed by atoms with E-state index in [-0.39, 0.29) is 0 Å². The van der Waals surface area contributed by atoms with Crippen LogP contribution in [0.15, 0.2) is 24.3 Å². The fraction of sp³-hybridized carbons (Fsp3) is 0.571. The third-order valence-corrected chi connectivity index (χ3v) is 3.36. The highest BCUT2D eigenvalue weighted by Crippen LogP contribution is 2.18. The zero-order chi connectivity index (χ0) is 12.8. The molecular formula is C14H22N2O2. The van der Waals surface area contributed by atoms with Crippen molar-refractivity contribution in [3.63, 3.8) is 0 Å². The zero-order valence-electron chi connectivity index (χ0n) is 10.9. The number of ether oxygens (including phenoxy) is 1. The predicted octanol–water partition coefficient (Wildman–Crippen LogP) is 1.02. The van der Waals surface area contributed by atoms with Gasteiger partial charge in [0.1, 0.15) is 5.75 Å². The van der Waals surface area contributed by atoms with Crippen LogP contribution in [-0.4, -0.2) is 49.8 Å². The number of aliphatic hydroxyl groups is 1. The van der Waals surface area contributed by atoms with Crippen molar-refractivity contribution < 1.29 is 9.84 Å². The lowest BCUT2D eigenvalue weighted by atomic mass is 10.1. The van der Waals surface area contributed by atoms with E-state index in [2.05, 4.69) is 10.2 Å². The van der Waals surface area contributed by atoms with Crippen LogP contribution in [0.1, 0.15) is 18.1 Å². The van der Waals surface area contributed by atoms with Crippen molar-refractivity contribution in [3.05, 3.63) is 29.8 Å². The molecular weight excluding hydrogens is 228 g/mol. The molecule has 2 rings (SSSR count). The second kappa shape index (κ2) is 6.73. The van der Waals surface area contributed by atoms with Crippen LogP contribution in [0.3, 0.4) is 0 Å². The molecule has 100 valence electrons. The monoisotopic (exact) mass is 250 g/mol. The fourth-order valence-corrected chi connectivity index (χ4v) is 2.26. The number of aliphatic hydroxyl groups excluding tert-OH is 1. The number of methoxy groups -OCH3 is 1. The second-order valence-corrected chi connectivity index (χ2v) is 4.69. The average Bonchev–Trinajstić information content (AvgIpc) is 2.67. The maximum Gasteiger partial charge on any atom is 0.118 e. The SMILES string of the molecule is COc1ccc(C(O)CN2CCCNCC2)cc1. The van der Waals surface area contributed by atoms with E-state index in [1.807, 2.05) is 24.3 Å². The standard InChI is InChI=1S/C14H22N2O2/c1-18-13-5-3-12(4-6-13)14(17)11-16-9-2-7-15-8-10-16/h3-6,14-15,17H,2,7-11H2,1H3. The van der Waals surface area contributed by atoms with E-state index in [9.17, 15) is 5.11 Å². The molecule has 18 heavy (non-hydrogen) atoms. The van der Waals surface area contributed by atoms with Crippen molar-refractivity contribution in [1.82, 2.24) is 10.2 Å². The summed E-state index contributed by atoms with van der Waals surface area (Å²) in [5, 5.41) is 13.6. The summed E-state index contributed by atoms with van der Waals surface area (Å²) in [6, 6.07) is 7.64. The molecule has 0 amide bonds. The Balaban J connectivity index is 1.90.